The van der Waals surface area contributed by atoms with Crippen LogP contribution in [0, 0.1) is 13.8 Å². The van der Waals surface area contributed by atoms with Gasteiger partial charge in [-0.05, 0) is 106 Å². The van der Waals surface area contributed by atoms with Gasteiger partial charge in [0.15, 0.2) is 0 Å². The number of carbonyl (C=O) groups is 1. The van der Waals surface area contributed by atoms with E-state index in [1.54, 1.807) is 32.9 Å². The number of aryl methyl sites for hydroxylation is 3. The standard InChI is InChI=1S/C26H27NO4.C4H10O/c1-4-30-24(29)15-22-16(2)27-17(3)25(18-7-10-21(28)11-8-18)26(22)20-9-12-23-19(14-20)6-5-13-31-23;1-4(2,3)5/h7-12,14,28H,4-6,13,15H2,1-3H3;5H,1-3H3. The number of phenols is 1. The number of benzene rings is 2. The first-order valence-corrected chi connectivity index (χ1v) is 12.4. The fraction of sp³-hybridized carbons (Fsp3) is 0.400. The summed E-state index contributed by atoms with van der Waals surface area (Å²) >= 11 is 0. The van der Waals surface area contributed by atoms with Crippen LogP contribution < -0.4 is 4.74 Å². The van der Waals surface area contributed by atoms with E-state index >= 15 is 0 Å². The largest absolute Gasteiger partial charge is 0.508 e. The van der Waals surface area contributed by atoms with Gasteiger partial charge in [0.25, 0.3) is 0 Å². The van der Waals surface area contributed by atoms with E-state index in [1.165, 1.54) is 5.56 Å². The average molecular weight is 492 g/mol. The topological polar surface area (TPSA) is 88.9 Å². The molecule has 1 aromatic heterocycles. The normalized spacial score (nSPS) is 12.6. The van der Waals surface area contributed by atoms with Crippen LogP contribution in [0.15, 0.2) is 42.5 Å². The van der Waals surface area contributed by atoms with Gasteiger partial charge in [0.05, 0.1) is 25.2 Å². The van der Waals surface area contributed by atoms with Gasteiger partial charge in [-0.15, -0.1) is 0 Å². The summed E-state index contributed by atoms with van der Waals surface area (Å²) < 4.78 is 11.1. The molecule has 36 heavy (non-hydrogen) atoms. The van der Waals surface area contributed by atoms with Crippen LogP contribution in [0.2, 0.25) is 0 Å². The van der Waals surface area contributed by atoms with E-state index in [0.717, 1.165) is 64.4 Å². The Kier molecular flexibility index (Phi) is 8.75. The van der Waals surface area contributed by atoms with E-state index in [0.29, 0.717) is 6.61 Å². The lowest BCUT2D eigenvalue weighted by Crippen LogP contribution is -2.12. The molecule has 0 atom stereocenters. The Bertz CT molecular complexity index is 1200. The molecule has 192 valence electrons. The van der Waals surface area contributed by atoms with Gasteiger partial charge in [0, 0.05) is 17.0 Å². The molecule has 3 aromatic rings. The van der Waals surface area contributed by atoms with E-state index in [-0.39, 0.29) is 18.1 Å². The second kappa shape index (κ2) is 11.6. The Morgan fingerprint density at radius 2 is 1.67 bits per heavy atom. The van der Waals surface area contributed by atoms with E-state index < -0.39 is 5.60 Å². The van der Waals surface area contributed by atoms with Gasteiger partial charge in [-0.1, -0.05) is 18.2 Å². The minimum atomic E-state index is -0.500. The molecule has 0 bridgehead atoms. The lowest BCUT2D eigenvalue weighted by Gasteiger charge is -2.22. The molecular formula is C30H37NO5. The Labute approximate surface area is 213 Å². The van der Waals surface area contributed by atoms with Crippen LogP contribution in [0.4, 0.5) is 0 Å². The van der Waals surface area contributed by atoms with Gasteiger partial charge in [-0.3, -0.25) is 9.78 Å². The quantitative estimate of drug-likeness (QED) is 0.429. The highest BCUT2D eigenvalue weighted by molar-refractivity contribution is 5.90. The fourth-order valence-electron chi connectivity index (χ4n) is 4.28. The van der Waals surface area contributed by atoms with Crippen LogP contribution in [0.3, 0.4) is 0 Å². The number of carbonyl (C=O) groups excluding carboxylic acids is 1. The number of phenolic OH excluding ortho intramolecular Hbond substituents is 1. The first kappa shape index (κ1) is 27.2. The number of aromatic nitrogens is 1. The number of aliphatic hydroxyl groups is 1. The molecule has 0 unspecified atom stereocenters. The molecule has 1 aliphatic rings. The van der Waals surface area contributed by atoms with Crippen molar-refractivity contribution in [3.63, 3.8) is 0 Å². The van der Waals surface area contributed by atoms with Gasteiger partial charge in [-0.25, -0.2) is 0 Å². The molecule has 1 aliphatic heterocycles. The highest BCUT2D eigenvalue weighted by atomic mass is 16.5. The van der Waals surface area contributed by atoms with Crippen LogP contribution in [0.25, 0.3) is 22.3 Å². The van der Waals surface area contributed by atoms with Gasteiger partial charge in [0.1, 0.15) is 11.5 Å². The molecule has 2 aromatic carbocycles. The van der Waals surface area contributed by atoms with Gasteiger partial charge >= 0.3 is 5.97 Å². The summed E-state index contributed by atoms with van der Waals surface area (Å²) in [5.74, 6) is 0.867. The van der Waals surface area contributed by atoms with Crippen LogP contribution in [0.1, 0.15) is 56.6 Å². The maximum atomic E-state index is 12.5. The number of fused-ring (bicyclic) bond motifs is 1. The minimum absolute atomic E-state index is 0.154. The van der Waals surface area contributed by atoms with Crippen molar-refractivity contribution in [2.75, 3.05) is 13.2 Å². The highest BCUT2D eigenvalue weighted by Crippen LogP contribution is 2.40. The van der Waals surface area contributed by atoms with Crippen molar-refractivity contribution in [3.8, 4) is 33.8 Å². The van der Waals surface area contributed by atoms with Crippen molar-refractivity contribution < 1.29 is 24.5 Å². The van der Waals surface area contributed by atoms with Gasteiger partial charge in [-0.2, -0.15) is 0 Å². The smallest absolute Gasteiger partial charge is 0.310 e. The summed E-state index contributed by atoms with van der Waals surface area (Å²) in [4.78, 5) is 17.2. The second-order valence-electron chi connectivity index (χ2n) is 9.99. The molecule has 2 heterocycles. The lowest BCUT2D eigenvalue weighted by molar-refractivity contribution is -0.142. The maximum absolute atomic E-state index is 12.5. The molecule has 0 fully saturated rings. The molecule has 0 saturated heterocycles. The van der Waals surface area contributed by atoms with Crippen LogP contribution in [-0.4, -0.2) is 40.0 Å². The molecule has 0 radical (unpaired) electrons. The third-order valence-corrected chi connectivity index (χ3v) is 5.67. The zero-order chi connectivity index (χ0) is 26.5. The first-order chi connectivity index (χ1) is 17.0. The minimum Gasteiger partial charge on any atom is -0.508 e. The van der Waals surface area contributed by atoms with E-state index in [4.69, 9.17) is 19.6 Å². The fourth-order valence-corrected chi connectivity index (χ4v) is 4.28. The molecule has 0 amide bonds. The number of nitrogens with zero attached hydrogens (tertiary/aromatic N) is 1. The van der Waals surface area contributed by atoms with Gasteiger partial charge < -0.3 is 19.7 Å². The Morgan fingerprint density at radius 3 is 2.31 bits per heavy atom. The van der Waals surface area contributed by atoms with Gasteiger partial charge in [0.2, 0.25) is 0 Å². The van der Waals surface area contributed by atoms with E-state index in [1.807, 2.05) is 39.0 Å². The molecular weight excluding hydrogens is 454 g/mol. The monoisotopic (exact) mass is 491 g/mol. The predicted molar refractivity (Wildman–Crippen MR) is 142 cm³/mol. The molecule has 4 rings (SSSR count). The molecule has 6 heteroatoms. The number of ether oxygens (including phenoxy) is 2. The van der Waals surface area contributed by atoms with Crippen LogP contribution in [0.5, 0.6) is 11.5 Å². The molecule has 0 saturated carbocycles. The predicted octanol–water partition coefficient (Wildman–Crippen LogP) is 5.95. The molecule has 2 N–H and O–H groups in total. The highest BCUT2D eigenvalue weighted by Gasteiger charge is 2.22. The number of pyridine rings is 1. The lowest BCUT2D eigenvalue weighted by atomic mass is 9.86. The SMILES string of the molecule is CC(C)(C)O.CCOC(=O)Cc1c(C)nc(C)c(-c2ccc(O)cc2)c1-c1ccc2c(c1)CCCO2. The summed E-state index contributed by atoms with van der Waals surface area (Å²) in [6, 6.07) is 13.3. The summed E-state index contributed by atoms with van der Waals surface area (Å²) in [6.07, 6.45) is 2.11. The van der Waals surface area contributed by atoms with Crippen LogP contribution in [-0.2, 0) is 22.4 Å². The number of aromatic hydroxyl groups is 1. The van der Waals surface area contributed by atoms with Crippen molar-refractivity contribution >= 4 is 5.97 Å². The molecule has 0 aliphatic carbocycles. The van der Waals surface area contributed by atoms with Crippen molar-refractivity contribution in [1.29, 1.82) is 0 Å². The Morgan fingerprint density at radius 1 is 1.03 bits per heavy atom. The van der Waals surface area contributed by atoms with Crippen LogP contribution >= 0.6 is 0 Å². The maximum Gasteiger partial charge on any atom is 0.310 e. The zero-order valence-corrected chi connectivity index (χ0v) is 22.1. The third kappa shape index (κ3) is 7.08. The average Bonchev–Trinajstić information content (AvgIpc) is 2.80. The third-order valence-electron chi connectivity index (χ3n) is 5.67. The van der Waals surface area contributed by atoms with Crippen molar-refractivity contribution in [1.82, 2.24) is 4.98 Å². The Balaban J connectivity index is 0.000000658. The van der Waals surface area contributed by atoms with Crippen molar-refractivity contribution in [2.24, 2.45) is 0 Å². The number of hydrogen-bond acceptors (Lipinski definition) is 6. The van der Waals surface area contributed by atoms with Crippen molar-refractivity contribution in [2.45, 2.75) is 66.4 Å². The number of rotatable bonds is 5. The summed E-state index contributed by atoms with van der Waals surface area (Å²) in [6.45, 7) is 12.0. The van der Waals surface area contributed by atoms with E-state index in [2.05, 4.69) is 12.1 Å². The summed E-state index contributed by atoms with van der Waals surface area (Å²) in [5.41, 5.74) is 7.14. The molecule has 6 nitrogen and oxygen atoms in total. The molecule has 0 spiro atoms. The summed E-state index contributed by atoms with van der Waals surface area (Å²) in [7, 11) is 0. The number of hydrogen-bond donors (Lipinski definition) is 2. The Hall–Kier alpha value is -3.38. The van der Waals surface area contributed by atoms with Crippen molar-refractivity contribution in [3.05, 3.63) is 65.0 Å². The first-order valence-electron chi connectivity index (χ1n) is 12.4. The summed E-state index contributed by atoms with van der Waals surface area (Å²) in [5, 5.41) is 18.3. The number of esters is 1. The second-order valence-corrected chi connectivity index (χ2v) is 9.99. The zero-order valence-electron chi connectivity index (χ0n) is 22.1. The van der Waals surface area contributed by atoms with E-state index in [9.17, 15) is 9.90 Å².